The number of benzene rings is 3. The van der Waals surface area contributed by atoms with Gasteiger partial charge in [-0.1, -0.05) is 53.8 Å². The van der Waals surface area contributed by atoms with Crippen molar-refractivity contribution in [2.75, 3.05) is 19.1 Å². The molecule has 0 saturated carbocycles. The summed E-state index contributed by atoms with van der Waals surface area (Å²) in [7, 11) is 3.30. The lowest BCUT2D eigenvalue weighted by molar-refractivity contribution is 0.0985. The summed E-state index contributed by atoms with van der Waals surface area (Å²) in [5.41, 5.74) is 3.52. The van der Waals surface area contributed by atoms with Crippen LogP contribution in [0.5, 0.6) is 5.75 Å². The molecular formula is C24H22N2O3S. The molecule has 1 aromatic heterocycles. The topological polar surface area (TPSA) is 51.7 Å². The summed E-state index contributed by atoms with van der Waals surface area (Å²) >= 11 is 1.48. The molecule has 0 aliphatic carbocycles. The van der Waals surface area contributed by atoms with Crippen LogP contribution in [0.1, 0.15) is 21.5 Å². The van der Waals surface area contributed by atoms with Gasteiger partial charge in [0.2, 0.25) is 0 Å². The maximum Gasteiger partial charge on any atom is 0.260 e. The fraction of sp³-hybridized carbons (Fsp3) is 0.167. The lowest BCUT2D eigenvalue weighted by Gasteiger charge is -2.20. The molecule has 4 aromatic rings. The fourth-order valence-electron chi connectivity index (χ4n) is 3.19. The van der Waals surface area contributed by atoms with Gasteiger partial charge in [0.25, 0.3) is 5.91 Å². The van der Waals surface area contributed by atoms with E-state index in [1.807, 2.05) is 72.8 Å². The van der Waals surface area contributed by atoms with Gasteiger partial charge < -0.3 is 9.47 Å². The zero-order chi connectivity index (χ0) is 20.9. The van der Waals surface area contributed by atoms with Crippen molar-refractivity contribution in [2.45, 2.75) is 13.2 Å². The van der Waals surface area contributed by atoms with Crippen molar-refractivity contribution in [1.82, 2.24) is 4.98 Å². The Morgan fingerprint density at radius 1 is 0.967 bits per heavy atom. The average Bonchev–Trinajstić information content (AvgIpc) is 3.21. The van der Waals surface area contributed by atoms with Crippen LogP contribution in [-0.2, 0) is 17.9 Å². The van der Waals surface area contributed by atoms with E-state index in [1.165, 1.54) is 11.3 Å². The largest absolute Gasteiger partial charge is 0.497 e. The summed E-state index contributed by atoms with van der Waals surface area (Å²) in [5, 5.41) is 0.660. The van der Waals surface area contributed by atoms with E-state index in [9.17, 15) is 4.79 Å². The fourth-order valence-corrected chi connectivity index (χ4v) is 4.19. The first-order valence-electron chi connectivity index (χ1n) is 9.56. The second-order valence-electron chi connectivity index (χ2n) is 6.84. The van der Waals surface area contributed by atoms with Crippen LogP contribution in [0.2, 0.25) is 0 Å². The number of hydrogen-bond donors (Lipinski definition) is 0. The smallest absolute Gasteiger partial charge is 0.260 e. The van der Waals surface area contributed by atoms with Gasteiger partial charge in [-0.3, -0.25) is 9.69 Å². The molecule has 0 radical (unpaired) electrons. The van der Waals surface area contributed by atoms with E-state index in [0.717, 1.165) is 27.1 Å². The highest BCUT2D eigenvalue weighted by Crippen LogP contribution is 2.33. The highest BCUT2D eigenvalue weighted by Gasteiger charge is 2.22. The molecule has 0 atom stereocenters. The minimum Gasteiger partial charge on any atom is -0.497 e. The van der Waals surface area contributed by atoms with Crippen molar-refractivity contribution < 1.29 is 14.3 Å². The third-order valence-electron chi connectivity index (χ3n) is 4.76. The van der Waals surface area contributed by atoms with Crippen LogP contribution in [0.3, 0.4) is 0 Å². The molecule has 30 heavy (non-hydrogen) atoms. The molecule has 0 saturated heterocycles. The van der Waals surface area contributed by atoms with Gasteiger partial charge in [-0.05, 0) is 41.5 Å². The van der Waals surface area contributed by atoms with Crippen molar-refractivity contribution >= 4 is 32.6 Å². The standard InChI is InChI=1S/C24H22N2O3S/c1-28-16-18-8-10-19(11-9-18)23(27)26(15-17-6-4-3-5-7-17)24-25-21-13-12-20(29-2)14-22(21)30-24/h3-14H,15-16H2,1-2H3. The second-order valence-corrected chi connectivity index (χ2v) is 7.85. The number of methoxy groups -OCH3 is 2. The number of aromatic nitrogens is 1. The predicted molar refractivity (Wildman–Crippen MR) is 120 cm³/mol. The van der Waals surface area contributed by atoms with Crippen LogP contribution in [0.4, 0.5) is 5.13 Å². The number of amides is 1. The molecule has 0 fully saturated rings. The summed E-state index contributed by atoms with van der Waals surface area (Å²) < 4.78 is 11.5. The Morgan fingerprint density at radius 2 is 1.73 bits per heavy atom. The first-order valence-corrected chi connectivity index (χ1v) is 10.4. The lowest BCUT2D eigenvalue weighted by atomic mass is 10.1. The Kier molecular flexibility index (Phi) is 6.07. The highest BCUT2D eigenvalue weighted by atomic mass is 32.1. The van der Waals surface area contributed by atoms with Crippen LogP contribution < -0.4 is 9.64 Å². The average molecular weight is 419 g/mol. The molecule has 0 aliphatic heterocycles. The normalized spacial score (nSPS) is 10.9. The number of carbonyl (C=O) groups excluding carboxylic acids is 1. The number of thiazole rings is 1. The monoisotopic (exact) mass is 418 g/mol. The highest BCUT2D eigenvalue weighted by molar-refractivity contribution is 7.22. The number of hydrogen-bond acceptors (Lipinski definition) is 5. The van der Waals surface area contributed by atoms with E-state index < -0.39 is 0 Å². The molecule has 5 nitrogen and oxygen atoms in total. The predicted octanol–water partition coefficient (Wildman–Crippen LogP) is 5.30. The molecule has 0 bridgehead atoms. The maximum absolute atomic E-state index is 13.5. The molecule has 0 aliphatic rings. The van der Waals surface area contributed by atoms with Crippen molar-refractivity contribution in [2.24, 2.45) is 0 Å². The number of rotatable bonds is 7. The number of ether oxygens (including phenoxy) is 2. The summed E-state index contributed by atoms with van der Waals surface area (Å²) in [6, 6.07) is 23.2. The molecule has 0 N–H and O–H groups in total. The summed E-state index contributed by atoms with van der Waals surface area (Å²) in [5.74, 6) is 0.682. The van der Waals surface area contributed by atoms with Crippen LogP contribution in [0.25, 0.3) is 10.2 Å². The van der Waals surface area contributed by atoms with Crippen LogP contribution in [-0.4, -0.2) is 25.1 Å². The van der Waals surface area contributed by atoms with E-state index in [-0.39, 0.29) is 5.91 Å². The summed E-state index contributed by atoms with van der Waals surface area (Å²) in [6.45, 7) is 0.957. The van der Waals surface area contributed by atoms with Gasteiger partial charge in [0.15, 0.2) is 5.13 Å². The third-order valence-corrected chi connectivity index (χ3v) is 5.80. The molecule has 4 rings (SSSR count). The van der Waals surface area contributed by atoms with E-state index in [1.54, 1.807) is 19.1 Å². The Morgan fingerprint density at radius 3 is 2.43 bits per heavy atom. The Labute approximate surface area is 179 Å². The maximum atomic E-state index is 13.5. The molecule has 1 amide bonds. The van der Waals surface area contributed by atoms with Gasteiger partial charge in [0.1, 0.15) is 5.75 Å². The van der Waals surface area contributed by atoms with Crippen LogP contribution >= 0.6 is 11.3 Å². The molecule has 152 valence electrons. The zero-order valence-corrected chi connectivity index (χ0v) is 17.7. The van der Waals surface area contributed by atoms with Crippen molar-refractivity contribution in [3.8, 4) is 5.75 Å². The van der Waals surface area contributed by atoms with Gasteiger partial charge in [0.05, 0.1) is 30.5 Å². The Hall–Kier alpha value is -3.22. The van der Waals surface area contributed by atoms with Gasteiger partial charge in [-0.15, -0.1) is 0 Å². The lowest BCUT2D eigenvalue weighted by Crippen LogP contribution is -2.30. The van der Waals surface area contributed by atoms with Gasteiger partial charge in [-0.25, -0.2) is 4.98 Å². The molecule has 6 heteroatoms. The van der Waals surface area contributed by atoms with Crippen molar-refractivity contribution in [3.63, 3.8) is 0 Å². The third kappa shape index (κ3) is 4.35. The molecule has 1 heterocycles. The Balaban J connectivity index is 1.71. The van der Waals surface area contributed by atoms with E-state index in [0.29, 0.717) is 23.8 Å². The number of nitrogens with zero attached hydrogens (tertiary/aromatic N) is 2. The summed E-state index contributed by atoms with van der Waals surface area (Å²) in [6.07, 6.45) is 0. The first kappa shape index (κ1) is 20.1. The molecule has 3 aromatic carbocycles. The molecule has 0 unspecified atom stereocenters. The zero-order valence-electron chi connectivity index (χ0n) is 16.9. The van der Waals surface area contributed by atoms with Crippen LogP contribution in [0.15, 0.2) is 72.8 Å². The van der Waals surface area contributed by atoms with Crippen LogP contribution in [0, 0.1) is 0 Å². The quantitative estimate of drug-likeness (QED) is 0.409. The Bertz CT molecular complexity index is 1140. The van der Waals surface area contributed by atoms with E-state index in [4.69, 9.17) is 14.5 Å². The molecule has 0 spiro atoms. The van der Waals surface area contributed by atoms with Gasteiger partial charge in [-0.2, -0.15) is 0 Å². The minimum atomic E-state index is -0.0890. The van der Waals surface area contributed by atoms with E-state index >= 15 is 0 Å². The van der Waals surface area contributed by atoms with E-state index in [2.05, 4.69) is 0 Å². The van der Waals surface area contributed by atoms with Crippen molar-refractivity contribution in [3.05, 3.63) is 89.5 Å². The molecular weight excluding hydrogens is 396 g/mol. The second kappa shape index (κ2) is 9.07. The first-order chi connectivity index (χ1) is 14.7. The van der Waals surface area contributed by atoms with Crippen molar-refractivity contribution in [1.29, 1.82) is 0 Å². The van der Waals surface area contributed by atoms with Gasteiger partial charge >= 0.3 is 0 Å². The van der Waals surface area contributed by atoms with Gasteiger partial charge in [0, 0.05) is 12.7 Å². The number of fused-ring (bicyclic) bond motifs is 1. The summed E-state index contributed by atoms with van der Waals surface area (Å²) in [4.78, 5) is 19.9. The minimum absolute atomic E-state index is 0.0890. The number of carbonyl (C=O) groups is 1. The SMILES string of the molecule is COCc1ccc(C(=O)N(Cc2ccccc2)c2nc3ccc(OC)cc3s2)cc1. The number of anilines is 1.